The Morgan fingerprint density at radius 2 is 1.72 bits per heavy atom. The fourth-order valence-electron chi connectivity index (χ4n) is 2.29. The van der Waals surface area contributed by atoms with E-state index in [1.54, 1.807) is 18.2 Å². The Balaban J connectivity index is 2.11. The molecule has 0 radical (unpaired) electrons. The third kappa shape index (κ3) is 4.82. The Kier molecular flexibility index (Phi) is 6.16. The first kappa shape index (κ1) is 18.5. The number of hydrogen-bond acceptors (Lipinski definition) is 4. The highest BCUT2D eigenvalue weighted by Gasteiger charge is 2.14. The minimum Gasteiger partial charge on any atom is -0.496 e. The summed E-state index contributed by atoms with van der Waals surface area (Å²) in [6.45, 7) is -0.863. The van der Waals surface area contributed by atoms with Crippen LogP contribution in [0.2, 0.25) is 0 Å². The van der Waals surface area contributed by atoms with Crippen molar-refractivity contribution in [2.45, 2.75) is 20.1 Å². The van der Waals surface area contributed by atoms with Gasteiger partial charge in [0.25, 0.3) is 5.91 Å². The first-order valence-corrected chi connectivity index (χ1v) is 7.49. The first-order chi connectivity index (χ1) is 11.9. The summed E-state index contributed by atoms with van der Waals surface area (Å²) in [5.41, 5.74) is 2.03. The fraction of sp³-hybridized carbons (Fsp3) is 0.278. The van der Waals surface area contributed by atoms with Crippen LogP contribution in [0.25, 0.3) is 0 Å². The Morgan fingerprint density at radius 3 is 2.36 bits per heavy atom. The minimum absolute atomic E-state index is 0.0621. The summed E-state index contributed by atoms with van der Waals surface area (Å²) in [6, 6.07) is 9.79. The fourth-order valence-corrected chi connectivity index (χ4v) is 2.29. The summed E-state index contributed by atoms with van der Waals surface area (Å²) in [7, 11) is 2.85. The second-order valence-corrected chi connectivity index (χ2v) is 5.25. The Hall–Kier alpha value is -2.83. The van der Waals surface area contributed by atoms with Crippen LogP contribution in [0, 0.1) is 6.92 Å². The van der Waals surface area contributed by atoms with E-state index >= 15 is 0 Å². The monoisotopic (exact) mass is 351 g/mol. The van der Waals surface area contributed by atoms with Crippen LogP contribution >= 0.6 is 0 Å². The van der Waals surface area contributed by atoms with Gasteiger partial charge in [0.1, 0.15) is 5.75 Å². The third-order valence-corrected chi connectivity index (χ3v) is 3.50. The molecule has 0 heterocycles. The number of carbonyl (C=O) groups is 1. The van der Waals surface area contributed by atoms with Gasteiger partial charge in [-0.15, -0.1) is 0 Å². The van der Waals surface area contributed by atoms with Gasteiger partial charge >= 0.3 is 6.61 Å². The Labute approximate surface area is 144 Å². The van der Waals surface area contributed by atoms with E-state index in [1.165, 1.54) is 26.4 Å². The van der Waals surface area contributed by atoms with Crippen LogP contribution in [-0.4, -0.2) is 26.7 Å². The van der Waals surface area contributed by atoms with E-state index in [0.29, 0.717) is 16.9 Å². The van der Waals surface area contributed by atoms with Crippen molar-refractivity contribution < 1.29 is 27.8 Å². The minimum atomic E-state index is -2.94. The van der Waals surface area contributed by atoms with Crippen molar-refractivity contribution in [1.29, 1.82) is 0 Å². The number of alkyl halides is 2. The third-order valence-electron chi connectivity index (χ3n) is 3.50. The van der Waals surface area contributed by atoms with Crippen molar-refractivity contribution in [3.63, 3.8) is 0 Å². The number of methoxy groups -OCH3 is 2. The van der Waals surface area contributed by atoms with Gasteiger partial charge in [-0.2, -0.15) is 8.78 Å². The van der Waals surface area contributed by atoms with Gasteiger partial charge in [0.05, 0.1) is 19.8 Å². The molecule has 0 unspecified atom stereocenters. The van der Waals surface area contributed by atoms with Gasteiger partial charge in [-0.1, -0.05) is 17.7 Å². The molecule has 1 amide bonds. The molecule has 0 fully saturated rings. The molecule has 0 aliphatic rings. The number of benzene rings is 2. The normalized spacial score (nSPS) is 10.5. The smallest absolute Gasteiger partial charge is 0.387 e. The average Bonchev–Trinajstić information content (AvgIpc) is 2.60. The lowest BCUT2D eigenvalue weighted by atomic mass is 10.1. The standard InChI is InChI=1S/C18H19F2NO4/c1-11-4-6-14(23-2)13(8-11)17(22)21-10-12-5-7-15(25-18(19)20)16(9-12)24-3/h4-9,18H,10H2,1-3H3,(H,21,22). The summed E-state index contributed by atoms with van der Waals surface area (Å²) < 4.78 is 39.3. The molecule has 0 saturated heterocycles. The molecule has 0 saturated carbocycles. The van der Waals surface area contributed by atoms with Crippen LogP contribution in [0.4, 0.5) is 8.78 Å². The van der Waals surface area contributed by atoms with Gasteiger partial charge in [-0.25, -0.2) is 0 Å². The number of nitrogens with one attached hydrogen (secondary N) is 1. The largest absolute Gasteiger partial charge is 0.496 e. The maximum Gasteiger partial charge on any atom is 0.387 e. The highest BCUT2D eigenvalue weighted by atomic mass is 19.3. The Morgan fingerprint density at radius 1 is 1.04 bits per heavy atom. The lowest BCUT2D eigenvalue weighted by molar-refractivity contribution is -0.0512. The zero-order valence-corrected chi connectivity index (χ0v) is 14.1. The number of carbonyl (C=O) groups excluding carboxylic acids is 1. The number of ether oxygens (including phenoxy) is 3. The van der Waals surface area contributed by atoms with E-state index in [1.807, 2.05) is 13.0 Å². The number of amides is 1. The number of aryl methyl sites for hydroxylation is 1. The maximum absolute atomic E-state index is 12.4. The SMILES string of the molecule is COc1cc(CNC(=O)c2cc(C)ccc2OC)ccc1OC(F)F. The molecule has 2 aromatic carbocycles. The lowest BCUT2D eigenvalue weighted by Crippen LogP contribution is -2.23. The zero-order valence-electron chi connectivity index (χ0n) is 14.1. The first-order valence-electron chi connectivity index (χ1n) is 7.49. The summed E-state index contributed by atoms with van der Waals surface area (Å²) in [6.07, 6.45) is 0. The van der Waals surface area contributed by atoms with E-state index in [2.05, 4.69) is 10.1 Å². The van der Waals surface area contributed by atoms with Crippen LogP contribution in [0.1, 0.15) is 21.5 Å². The number of halogens is 2. The molecule has 0 aliphatic heterocycles. The predicted molar refractivity (Wildman–Crippen MR) is 88.5 cm³/mol. The van der Waals surface area contributed by atoms with Gasteiger partial charge < -0.3 is 19.5 Å². The average molecular weight is 351 g/mol. The topological polar surface area (TPSA) is 56.8 Å². The van der Waals surface area contributed by atoms with Gasteiger partial charge in [0.2, 0.25) is 0 Å². The second kappa shape index (κ2) is 8.32. The van der Waals surface area contributed by atoms with Crippen molar-refractivity contribution in [2.24, 2.45) is 0 Å². The van der Waals surface area contributed by atoms with E-state index in [-0.39, 0.29) is 24.0 Å². The van der Waals surface area contributed by atoms with Gasteiger partial charge in [-0.05, 0) is 36.8 Å². The predicted octanol–water partition coefficient (Wildman–Crippen LogP) is 3.54. The van der Waals surface area contributed by atoms with Crippen LogP contribution in [-0.2, 0) is 6.54 Å². The molecule has 25 heavy (non-hydrogen) atoms. The quantitative estimate of drug-likeness (QED) is 0.829. The van der Waals surface area contributed by atoms with Gasteiger partial charge in [-0.3, -0.25) is 4.79 Å². The molecule has 0 aromatic heterocycles. The number of rotatable bonds is 7. The maximum atomic E-state index is 12.4. The van der Waals surface area contributed by atoms with E-state index in [0.717, 1.165) is 5.56 Å². The number of hydrogen-bond donors (Lipinski definition) is 1. The lowest BCUT2D eigenvalue weighted by Gasteiger charge is -2.13. The molecule has 134 valence electrons. The molecule has 0 aliphatic carbocycles. The van der Waals surface area contributed by atoms with E-state index in [4.69, 9.17) is 9.47 Å². The molecular weight excluding hydrogens is 332 g/mol. The molecule has 2 aromatic rings. The summed E-state index contributed by atoms with van der Waals surface area (Å²) in [5, 5.41) is 2.77. The van der Waals surface area contributed by atoms with Crippen LogP contribution in [0.15, 0.2) is 36.4 Å². The molecule has 0 atom stereocenters. The molecule has 0 bridgehead atoms. The van der Waals surface area contributed by atoms with E-state index in [9.17, 15) is 13.6 Å². The molecular formula is C18H19F2NO4. The summed E-state index contributed by atoms with van der Waals surface area (Å²) in [5.74, 6) is 0.280. The molecule has 2 rings (SSSR count). The summed E-state index contributed by atoms with van der Waals surface area (Å²) >= 11 is 0. The molecule has 5 nitrogen and oxygen atoms in total. The molecule has 0 spiro atoms. The second-order valence-electron chi connectivity index (χ2n) is 5.25. The van der Waals surface area contributed by atoms with Crippen molar-refractivity contribution >= 4 is 5.91 Å². The zero-order chi connectivity index (χ0) is 18.4. The van der Waals surface area contributed by atoms with Gasteiger partial charge in [0, 0.05) is 6.54 Å². The highest BCUT2D eigenvalue weighted by Crippen LogP contribution is 2.29. The van der Waals surface area contributed by atoms with Crippen molar-refractivity contribution in [1.82, 2.24) is 5.32 Å². The highest BCUT2D eigenvalue weighted by molar-refractivity contribution is 5.97. The Bertz CT molecular complexity index is 750. The van der Waals surface area contributed by atoms with Crippen molar-refractivity contribution in [3.8, 4) is 17.2 Å². The van der Waals surface area contributed by atoms with Gasteiger partial charge in [0.15, 0.2) is 11.5 Å². The van der Waals surface area contributed by atoms with Crippen molar-refractivity contribution in [2.75, 3.05) is 14.2 Å². The van der Waals surface area contributed by atoms with Crippen LogP contribution in [0.3, 0.4) is 0 Å². The van der Waals surface area contributed by atoms with Crippen molar-refractivity contribution in [3.05, 3.63) is 53.1 Å². The van der Waals surface area contributed by atoms with E-state index < -0.39 is 6.61 Å². The molecule has 1 N–H and O–H groups in total. The van der Waals surface area contributed by atoms with Crippen LogP contribution < -0.4 is 19.5 Å². The molecule has 7 heteroatoms. The summed E-state index contributed by atoms with van der Waals surface area (Å²) in [4.78, 5) is 12.4. The van der Waals surface area contributed by atoms with Crippen LogP contribution in [0.5, 0.6) is 17.2 Å².